The van der Waals surface area contributed by atoms with Crippen molar-refractivity contribution in [3.8, 4) is 22.6 Å². The third kappa shape index (κ3) is 9.44. The molecular formula is C48H56N10O6. The lowest BCUT2D eigenvalue weighted by Gasteiger charge is -2.42. The molecule has 2 aromatic heterocycles. The molecule has 64 heavy (non-hydrogen) atoms. The predicted octanol–water partition coefficient (Wildman–Crippen LogP) is 4.77. The van der Waals surface area contributed by atoms with Gasteiger partial charge in [0.15, 0.2) is 0 Å². The maximum Gasteiger partial charge on any atom is 0.264 e. The molecule has 4 amide bonds. The van der Waals surface area contributed by atoms with Crippen LogP contribution in [0.2, 0.25) is 0 Å². The van der Waals surface area contributed by atoms with Crippen molar-refractivity contribution in [1.29, 1.82) is 0 Å². The Balaban J connectivity index is 0.667. The lowest BCUT2D eigenvalue weighted by atomic mass is 9.85. The molecule has 2 saturated heterocycles. The molecule has 0 bridgehead atoms. The molecule has 16 heteroatoms. The summed E-state index contributed by atoms with van der Waals surface area (Å²) in [7, 11) is 0. The number of anilines is 2. The first-order valence-corrected chi connectivity index (χ1v) is 22.6. The minimum atomic E-state index is -0.825. The van der Waals surface area contributed by atoms with Crippen molar-refractivity contribution in [2.24, 2.45) is 5.92 Å². The molecule has 16 nitrogen and oxygen atoms in total. The summed E-state index contributed by atoms with van der Waals surface area (Å²) in [6.07, 6.45) is 9.57. The van der Waals surface area contributed by atoms with Gasteiger partial charge in [-0.05, 0) is 86.4 Å². The molecule has 334 valence electrons. The van der Waals surface area contributed by atoms with Gasteiger partial charge in [0.1, 0.15) is 35.3 Å². The Kier molecular flexibility index (Phi) is 13.1. The van der Waals surface area contributed by atoms with Gasteiger partial charge in [0.2, 0.25) is 11.8 Å². The average molecular weight is 869 g/mol. The van der Waals surface area contributed by atoms with Crippen LogP contribution in [0.15, 0.2) is 85.3 Å². The summed E-state index contributed by atoms with van der Waals surface area (Å²) in [6, 6.07) is 22.5. The van der Waals surface area contributed by atoms with Crippen molar-refractivity contribution in [2.75, 3.05) is 76.6 Å². The van der Waals surface area contributed by atoms with Gasteiger partial charge < -0.3 is 35.7 Å². The smallest absolute Gasteiger partial charge is 0.264 e. The van der Waals surface area contributed by atoms with Crippen LogP contribution >= 0.6 is 0 Å². The first kappa shape index (κ1) is 42.9. The number of piperidine rings is 1. The third-order valence-corrected chi connectivity index (χ3v) is 13.1. The number of carbonyl (C=O) groups excluding carboxylic acids is 4. The van der Waals surface area contributed by atoms with Crippen LogP contribution in [-0.2, 0) is 20.9 Å². The number of benzene rings is 3. The molecule has 1 saturated carbocycles. The molecule has 1 atom stereocenters. The van der Waals surface area contributed by atoms with Crippen molar-refractivity contribution < 1.29 is 28.7 Å². The zero-order valence-corrected chi connectivity index (χ0v) is 36.0. The van der Waals surface area contributed by atoms with E-state index in [-0.39, 0.29) is 29.5 Å². The number of nitrogens with one attached hydrogen (secondary N) is 3. The Labute approximate surface area is 372 Å². The molecule has 9 rings (SSSR count). The Morgan fingerprint density at radius 3 is 2.39 bits per heavy atom. The predicted molar refractivity (Wildman–Crippen MR) is 243 cm³/mol. The summed E-state index contributed by atoms with van der Waals surface area (Å²) in [5.41, 5.74) is 10.2. The van der Waals surface area contributed by atoms with E-state index in [0.717, 1.165) is 77.8 Å². The average Bonchev–Trinajstić information content (AvgIpc) is 3.82. The van der Waals surface area contributed by atoms with Crippen LogP contribution in [0.4, 0.5) is 11.5 Å². The van der Waals surface area contributed by atoms with E-state index in [4.69, 9.17) is 15.2 Å². The largest absolute Gasteiger partial charge is 0.457 e. The number of carbonyl (C=O) groups is 4. The van der Waals surface area contributed by atoms with Crippen LogP contribution in [0.1, 0.15) is 59.2 Å². The van der Waals surface area contributed by atoms with Crippen LogP contribution in [0.25, 0.3) is 22.2 Å². The molecule has 5 N–H and O–H groups in total. The highest BCUT2D eigenvalue weighted by Crippen LogP contribution is 2.37. The van der Waals surface area contributed by atoms with E-state index in [2.05, 4.69) is 58.6 Å². The van der Waals surface area contributed by atoms with Crippen molar-refractivity contribution in [2.45, 2.75) is 57.2 Å². The maximum atomic E-state index is 13.3. The number of aromatic nitrogens is 3. The number of rotatable bonds is 16. The highest BCUT2D eigenvalue weighted by molar-refractivity contribution is 6.25. The minimum absolute atomic E-state index is 0.0769. The molecule has 1 aliphatic carbocycles. The van der Waals surface area contributed by atoms with Gasteiger partial charge in [-0.15, -0.1) is 0 Å². The van der Waals surface area contributed by atoms with Gasteiger partial charge >= 0.3 is 0 Å². The zero-order valence-electron chi connectivity index (χ0n) is 36.0. The van der Waals surface area contributed by atoms with Gasteiger partial charge in [0, 0.05) is 75.8 Å². The van der Waals surface area contributed by atoms with E-state index in [1.807, 2.05) is 42.5 Å². The van der Waals surface area contributed by atoms with Gasteiger partial charge in [-0.3, -0.25) is 33.9 Å². The second kappa shape index (κ2) is 19.6. The summed E-state index contributed by atoms with van der Waals surface area (Å²) < 4.78 is 14.2. The summed E-state index contributed by atoms with van der Waals surface area (Å²) in [5, 5.41) is 9.49. The minimum Gasteiger partial charge on any atom is -0.457 e. The highest BCUT2D eigenvalue weighted by Gasteiger charge is 2.44. The quantitative estimate of drug-likeness (QED) is 0.0787. The molecule has 5 aromatic rings. The number of amides is 4. The Morgan fingerprint density at radius 1 is 0.828 bits per heavy atom. The molecule has 3 aromatic carbocycles. The number of nitrogens with zero attached hydrogens (tertiary/aromatic N) is 6. The summed E-state index contributed by atoms with van der Waals surface area (Å²) in [6.45, 7) is 7.63. The van der Waals surface area contributed by atoms with Gasteiger partial charge in [-0.2, -0.15) is 0 Å². The van der Waals surface area contributed by atoms with Gasteiger partial charge in [-0.25, -0.2) is 9.97 Å². The summed E-state index contributed by atoms with van der Waals surface area (Å²) in [4.78, 5) is 66.7. The van der Waals surface area contributed by atoms with E-state index in [1.165, 1.54) is 25.7 Å². The normalized spacial score (nSPS) is 20.6. The van der Waals surface area contributed by atoms with Crippen molar-refractivity contribution in [1.82, 2.24) is 39.9 Å². The third-order valence-electron chi connectivity index (χ3n) is 13.1. The second-order valence-corrected chi connectivity index (χ2v) is 17.1. The molecule has 3 aliphatic heterocycles. The van der Waals surface area contributed by atoms with Crippen molar-refractivity contribution in [3.05, 3.63) is 96.4 Å². The molecule has 5 heterocycles. The monoisotopic (exact) mass is 868 g/mol. The van der Waals surface area contributed by atoms with E-state index >= 15 is 0 Å². The SMILES string of the molecule is Nc1ncnc2c1c(-c1ccc(Oc3ccccc3)cc1)cn2CC1CCC(N2CCN(CCOCCNC(=O)CNc3cccc4c3C(=O)N(C3CCCNC3=O)C4=O)CC2)CC1. The molecule has 3 fully saturated rings. The lowest BCUT2D eigenvalue weighted by Crippen LogP contribution is -2.52. The van der Waals surface area contributed by atoms with Crippen molar-refractivity contribution in [3.63, 3.8) is 0 Å². The first-order chi connectivity index (χ1) is 31.3. The summed E-state index contributed by atoms with van der Waals surface area (Å²) in [5.74, 6) is 1.03. The van der Waals surface area contributed by atoms with Crippen LogP contribution in [0.5, 0.6) is 11.5 Å². The number of fused-ring (bicyclic) bond motifs is 2. The van der Waals surface area contributed by atoms with E-state index in [9.17, 15) is 19.2 Å². The number of imide groups is 1. The Bertz CT molecular complexity index is 2460. The maximum absolute atomic E-state index is 13.3. The lowest BCUT2D eigenvalue weighted by molar-refractivity contribution is -0.126. The van der Waals surface area contributed by atoms with Crippen LogP contribution in [0.3, 0.4) is 0 Å². The number of ether oxygens (including phenoxy) is 2. The number of piperazine rings is 1. The Morgan fingerprint density at radius 2 is 1.61 bits per heavy atom. The molecule has 1 unspecified atom stereocenters. The fourth-order valence-electron chi connectivity index (χ4n) is 9.69. The first-order valence-electron chi connectivity index (χ1n) is 22.6. The van der Waals surface area contributed by atoms with Crippen molar-refractivity contribution >= 4 is 46.2 Å². The number of nitrogens with two attached hydrogens (primary N) is 1. The molecule has 0 radical (unpaired) electrons. The molecule has 4 aliphatic rings. The Hall–Kier alpha value is -6.36. The van der Waals surface area contributed by atoms with Crippen LogP contribution < -0.4 is 26.4 Å². The van der Waals surface area contributed by atoms with E-state index in [1.54, 1.807) is 24.5 Å². The standard InChI is InChI=1S/C48H56N10O6/c49-44-43-38(33-13-17-36(18-14-33)64-35-6-2-1-3-7-35)30-57(45(43)54-31-53-44)29-32-11-15-34(16-12-32)56-23-21-55(22-24-56)25-27-63-26-20-50-41(59)28-52-39-9-4-8-37-42(39)48(62)58(47(37)61)40-10-5-19-51-46(40)60/h1-4,6-9,13-14,17-18,30-32,34,40,52H,5,10-12,15-16,19-29H2,(H,50,59)(H,51,60)(H2,49,53,54). The number of hydrogen-bond donors (Lipinski definition) is 4. The van der Waals surface area contributed by atoms with E-state index in [0.29, 0.717) is 62.6 Å². The van der Waals surface area contributed by atoms with E-state index < -0.39 is 17.9 Å². The highest BCUT2D eigenvalue weighted by atomic mass is 16.5. The fourth-order valence-corrected chi connectivity index (χ4v) is 9.69. The second-order valence-electron chi connectivity index (χ2n) is 17.1. The van der Waals surface area contributed by atoms with Gasteiger partial charge in [0.05, 0.1) is 36.3 Å². The summed E-state index contributed by atoms with van der Waals surface area (Å²) >= 11 is 0. The number of para-hydroxylation sites is 1. The topological polar surface area (TPSA) is 189 Å². The molecule has 0 spiro atoms. The van der Waals surface area contributed by atoms with Crippen LogP contribution in [0, 0.1) is 5.92 Å². The zero-order chi connectivity index (χ0) is 44.0. The number of hydrogen-bond acceptors (Lipinski definition) is 12. The van der Waals surface area contributed by atoms with Crippen LogP contribution in [-0.4, -0.2) is 131 Å². The van der Waals surface area contributed by atoms with Gasteiger partial charge in [0.25, 0.3) is 11.8 Å². The fraction of sp³-hybridized carbons (Fsp3) is 0.417. The van der Waals surface area contributed by atoms with Gasteiger partial charge in [-0.1, -0.05) is 36.4 Å². The number of nitrogen functional groups attached to an aromatic ring is 1. The molecular weight excluding hydrogens is 813 g/mol.